The highest BCUT2D eigenvalue weighted by molar-refractivity contribution is 6.30. The van der Waals surface area contributed by atoms with E-state index in [1.807, 2.05) is 59.6 Å². The van der Waals surface area contributed by atoms with Crippen LogP contribution in [0, 0.1) is 0 Å². The second kappa shape index (κ2) is 6.84. The lowest BCUT2D eigenvalue weighted by Gasteiger charge is -2.38. The smallest absolute Gasteiger partial charge is 0.213 e. The molecule has 6 heteroatoms. The molecule has 0 radical (unpaired) electrons. The van der Waals surface area contributed by atoms with Crippen LogP contribution in [-0.4, -0.2) is 22.8 Å². The second-order valence-corrected chi connectivity index (χ2v) is 7.24. The minimum atomic E-state index is -0.308. The molecule has 0 aliphatic carbocycles. The van der Waals surface area contributed by atoms with Crippen molar-refractivity contribution in [1.82, 2.24) is 9.99 Å². The Hall–Kier alpha value is -3.05. The highest BCUT2D eigenvalue weighted by atomic mass is 35.5. The van der Waals surface area contributed by atoms with E-state index >= 15 is 0 Å². The average molecular weight is 392 g/mol. The van der Waals surface area contributed by atoms with Crippen LogP contribution in [0.3, 0.4) is 0 Å². The number of hydrazone groups is 1. The Morgan fingerprint density at radius 3 is 2.61 bits per heavy atom. The van der Waals surface area contributed by atoms with Crippen LogP contribution in [0.4, 0.5) is 0 Å². The van der Waals surface area contributed by atoms with Crippen LogP contribution in [0.2, 0.25) is 5.02 Å². The summed E-state index contributed by atoms with van der Waals surface area (Å²) in [4.78, 5) is 4.12. The van der Waals surface area contributed by atoms with E-state index in [-0.39, 0.29) is 12.3 Å². The van der Waals surface area contributed by atoms with Crippen molar-refractivity contribution in [3.8, 4) is 11.5 Å². The summed E-state index contributed by atoms with van der Waals surface area (Å²) in [7, 11) is 1.67. The first-order valence-corrected chi connectivity index (χ1v) is 9.47. The highest BCUT2D eigenvalue weighted by Crippen LogP contribution is 2.48. The van der Waals surface area contributed by atoms with E-state index in [0.717, 1.165) is 40.3 Å². The van der Waals surface area contributed by atoms with Crippen LogP contribution in [0.5, 0.6) is 11.5 Å². The van der Waals surface area contributed by atoms with E-state index in [4.69, 9.17) is 26.2 Å². The first-order valence-electron chi connectivity index (χ1n) is 9.09. The topological polar surface area (TPSA) is 47.0 Å². The van der Waals surface area contributed by atoms with Gasteiger partial charge >= 0.3 is 0 Å². The third-order valence-electron chi connectivity index (χ3n) is 5.17. The number of methoxy groups -OCH3 is 1. The lowest BCUT2D eigenvalue weighted by atomic mass is 9.96. The molecule has 0 amide bonds. The SMILES string of the molecule is COc1ccc(C2=NN3[C@@H](C2)c2cc(Cl)ccc2O[C@H]3c2ccncc2)cc1. The normalized spacial score (nSPS) is 20.1. The van der Waals surface area contributed by atoms with Crippen molar-refractivity contribution in [2.24, 2.45) is 5.10 Å². The number of hydrogen-bond acceptors (Lipinski definition) is 5. The maximum Gasteiger partial charge on any atom is 0.213 e. The van der Waals surface area contributed by atoms with Gasteiger partial charge in [0.25, 0.3) is 0 Å². The molecule has 2 aliphatic heterocycles. The molecule has 2 aromatic carbocycles. The Morgan fingerprint density at radius 1 is 1.07 bits per heavy atom. The second-order valence-electron chi connectivity index (χ2n) is 6.81. The van der Waals surface area contributed by atoms with Crippen LogP contribution in [0.1, 0.15) is 35.4 Å². The van der Waals surface area contributed by atoms with Crippen LogP contribution >= 0.6 is 11.6 Å². The summed E-state index contributed by atoms with van der Waals surface area (Å²) < 4.78 is 11.6. The third kappa shape index (κ3) is 2.88. The van der Waals surface area contributed by atoms with E-state index in [9.17, 15) is 0 Å². The first-order chi connectivity index (χ1) is 13.7. The Morgan fingerprint density at radius 2 is 1.86 bits per heavy atom. The molecule has 0 N–H and O–H groups in total. The van der Waals surface area contributed by atoms with Gasteiger partial charge < -0.3 is 9.47 Å². The summed E-state index contributed by atoms with van der Waals surface area (Å²) in [5.41, 5.74) is 4.17. The zero-order valence-corrected chi connectivity index (χ0v) is 16.0. The standard InChI is InChI=1S/C22H18ClN3O2/c1-27-17-5-2-14(3-6-17)19-13-20-18-12-16(23)4-7-21(18)28-22(26(20)25-19)15-8-10-24-11-9-15/h2-12,20,22H,13H2,1H3/t20-,22-/m0/s1. The van der Waals surface area contributed by atoms with Gasteiger partial charge in [0.1, 0.15) is 11.5 Å². The summed E-state index contributed by atoms with van der Waals surface area (Å²) in [6.45, 7) is 0. The number of benzene rings is 2. The molecule has 0 fully saturated rings. The average Bonchev–Trinajstić information content (AvgIpc) is 3.20. The zero-order valence-electron chi connectivity index (χ0n) is 15.2. The number of aromatic nitrogens is 1. The maximum absolute atomic E-state index is 6.32. The Labute approximate surface area is 168 Å². The molecular weight excluding hydrogens is 374 g/mol. The first kappa shape index (κ1) is 17.1. The van der Waals surface area contributed by atoms with Crippen LogP contribution in [0.15, 0.2) is 72.1 Å². The summed E-state index contributed by atoms with van der Waals surface area (Å²) in [5.74, 6) is 1.67. The lowest BCUT2D eigenvalue weighted by molar-refractivity contribution is -0.0190. The summed E-state index contributed by atoms with van der Waals surface area (Å²) in [5, 5.41) is 7.67. The fraction of sp³-hybridized carbons (Fsp3) is 0.182. The zero-order chi connectivity index (χ0) is 19.1. The predicted molar refractivity (Wildman–Crippen MR) is 108 cm³/mol. The number of hydrogen-bond donors (Lipinski definition) is 0. The fourth-order valence-corrected chi connectivity index (χ4v) is 3.94. The van der Waals surface area contributed by atoms with Gasteiger partial charge in [0.05, 0.1) is 18.9 Å². The number of nitrogens with zero attached hydrogens (tertiary/aromatic N) is 3. The molecule has 0 saturated carbocycles. The Balaban J connectivity index is 1.57. The van der Waals surface area contributed by atoms with Crippen molar-refractivity contribution in [3.05, 3.63) is 88.7 Å². The van der Waals surface area contributed by atoms with E-state index in [0.29, 0.717) is 5.02 Å². The number of halogens is 1. The van der Waals surface area contributed by atoms with E-state index in [1.165, 1.54) is 0 Å². The van der Waals surface area contributed by atoms with E-state index < -0.39 is 0 Å². The molecule has 3 heterocycles. The van der Waals surface area contributed by atoms with Gasteiger partial charge in [-0.25, -0.2) is 5.01 Å². The monoisotopic (exact) mass is 391 g/mol. The van der Waals surface area contributed by atoms with Crippen molar-refractivity contribution < 1.29 is 9.47 Å². The summed E-state index contributed by atoms with van der Waals surface area (Å²) in [6.07, 6.45) is 4.02. The number of rotatable bonds is 3. The minimum absolute atomic E-state index is 0.0673. The van der Waals surface area contributed by atoms with Crippen molar-refractivity contribution in [3.63, 3.8) is 0 Å². The summed E-state index contributed by atoms with van der Waals surface area (Å²) in [6, 6.07) is 17.8. The highest BCUT2D eigenvalue weighted by Gasteiger charge is 2.41. The van der Waals surface area contributed by atoms with Gasteiger partial charge in [0, 0.05) is 35.0 Å². The van der Waals surface area contributed by atoms with E-state index in [1.54, 1.807) is 19.5 Å². The van der Waals surface area contributed by atoms with Crippen molar-refractivity contribution in [2.45, 2.75) is 18.7 Å². The number of ether oxygens (including phenoxy) is 2. The van der Waals surface area contributed by atoms with Crippen molar-refractivity contribution in [2.75, 3.05) is 7.11 Å². The van der Waals surface area contributed by atoms with Crippen LogP contribution in [-0.2, 0) is 0 Å². The number of pyridine rings is 1. The number of fused-ring (bicyclic) bond motifs is 3. The fourth-order valence-electron chi connectivity index (χ4n) is 3.76. The third-order valence-corrected chi connectivity index (χ3v) is 5.40. The molecular formula is C22H18ClN3O2. The molecule has 2 atom stereocenters. The molecule has 0 bridgehead atoms. The van der Waals surface area contributed by atoms with Gasteiger partial charge in [0.15, 0.2) is 0 Å². The van der Waals surface area contributed by atoms with Crippen molar-refractivity contribution >= 4 is 17.3 Å². The molecule has 2 aliphatic rings. The van der Waals surface area contributed by atoms with Crippen molar-refractivity contribution in [1.29, 1.82) is 0 Å². The summed E-state index contributed by atoms with van der Waals surface area (Å²) >= 11 is 6.27. The van der Waals surface area contributed by atoms with Crippen LogP contribution in [0.25, 0.3) is 0 Å². The molecule has 3 aromatic rings. The molecule has 28 heavy (non-hydrogen) atoms. The van der Waals surface area contributed by atoms with Crippen LogP contribution < -0.4 is 9.47 Å². The maximum atomic E-state index is 6.32. The van der Waals surface area contributed by atoms with Gasteiger partial charge in [-0.15, -0.1) is 0 Å². The molecule has 140 valence electrons. The molecule has 0 unspecified atom stereocenters. The largest absolute Gasteiger partial charge is 0.497 e. The lowest BCUT2D eigenvalue weighted by Crippen LogP contribution is -2.33. The molecule has 0 saturated heterocycles. The van der Waals surface area contributed by atoms with Gasteiger partial charge in [-0.1, -0.05) is 11.6 Å². The molecule has 5 rings (SSSR count). The molecule has 1 aromatic heterocycles. The Bertz CT molecular complexity index is 1040. The van der Waals surface area contributed by atoms with Gasteiger partial charge in [-0.3, -0.25) is 4.98 Å². The predicted octanol–water partition coefficient (Wildman–Crippen LogP) is 4.99. The Kier molecular flexibility index (Phi) is 4.17. The van der Waals surface area contributed by atoms with Gasteiger partial charge in [0.2, 0.25) is 6.23 Å². The van der Waals surface area contributed by atoms with E-state index in [2.05, 4.69) is 4.98 Å². The minimum Gasteiger partial charge on any atom is -0.497 e. The quantitative estimate of drug-likeness (QED) is 0.631. The molecule has 0 spiro atoms. The molecule has 5 nitrogen and oxygen atoms in total. The van der Waals surface area contributed by atoms with Gasteiger partial charge in [-0.05, 0) is 60.2 Å². The van der Waals surface area contributed by atoms with Gasteiger partial charge in [-0.2, -0.15) is 5.10 Å².